The van der Waals surface area contributed by atoms with Gasteiger partial charge in [-0.2, -0.15) is 0 Å². The summed E-state index contributed by atoms with van der Waals surface area (Å²) in [6.45, 7) is 1.69. The number of thiazole rings is 1. The number of nitrogen functional groups attached to an aromatic ring is 1. The average Bonchev–Trinajstić information content (AvgIpc) is 3.86. The number of nitrogens with one attached hydrogen (secondary N) is 2. The van der Waals surface area contributed by atoms with E-state index in [9.17, 15) is 14.4 Å². The zero-order chi connectivity index (χ0) is 39.1. The Morgan fingerprint density at radius 1 is 0.772 bits per heavy atom. The van der Waals surface area contributed by atoms with Crippen molar-refractivity contribution in [2.45, 2.75) is 109 Å². The molecule has 1 aliphatic heterocycles. The number of carboxylic acid groups (broad SMARTS) is 1. The number of halogens is 2. The number of unbranched alkanes of at least 4 members (excludes halogenated alkanes) is 13. The molecule has 57 heavy (non-hydrogen) atoms. The number of carbonyl (C=O) groups is 3. The molecule has 13 heteroatoms. The van der Waals surface area contributed by atoms with Crippen molar-refractivity contribution in [2.75, 3.05) is 35.6 Å². The average molecular weight is 842 g/mol. The van der Waals surface area contributed by atoms with E-state index in [1.807, 2.05) is 18.2 Å². The Labute approximate surface area is 355 Å². The molecule has 2 amide bonds. The van der Waals surface area contributed by atoms with E-state index < -0.39 is 12.5 Å². The van der Waals surface area contributed by atoms with Crippen LogP contribution in [-0.2, 0) is 24.2 Å². The zero-order valence-electron chi connectivity index (χ0n) is 33.1. The number of nitrogens with two attached hydrogens (primary N) is 2. The van der Waals surface area contributed by atoms with Crippen molar-refractivity contribution in [1.29, 1.82) is 0 Å². The zero-order valence-corrected chi connectivity index (χ0v) is 35.5. The molecule has 0 saturated carbocycles. The van der Waals surface area contributed by atoms with E-state index in [1.54, 1.807) is 59.9 Å². The number of anilines is 3. The predicted molar refractivity (Wildman–Crippen MR) is 240 cm³/mol. The van der Waals surface area contributed by atoms with Gasteiger partial charge in [-0.05, 0) is 73.2 Å². The minimum absolute atomic E-state index is 0. The van der Waals surface area contributed by atoms with E-state index in [1.165, 1.54) is 93.9 Å². The molecule has 312 valence electrons. The first-order valence-electron chi connectivity index (χ1n) is 20.1. The first-order valence-corrected chi connectivity index (χ1v) is 20.9. The van der Waals surface area contributed by atoms with Crippen molar-refractivity contribution < 1.29 is 19.5 Å². The van der Waals surface area contributed by atoms with Crippen LogP contribution in [0.15, 0.2) is 78.2 Å². The number of nitrogens with zero attached hydrogens (tertiary/aromatic N) is 2. The molecule has 5 rings (SSSR count). The number of benzene rings is 3. The quantitative estimate of drug-likeness (QED) is 0.0461. The maximum Gasteiger partial charge on any atom is 0.323 e. The standard InChI is InChI=1S/C28H44N4OS.C16H16N2O3.2ClH/c29-28-32-25(22-34-28)15-13-11-9-7-5-3-1-2-4-6-8-10-12-14-19-31-27(33)24-17-16-23-18-20-30-26(23)21-24;17-10-12-5-4-8-14(9-12)18(11-15(19)20)16(21)13-6-2-1-3-7-13;;/h16-17,21-22,30H,1-15,18-20H2,(H2,29,32)(H,31,33);1-9H,10-11,17H2,(H,19,20);2*1H. The third-order valence-corrected chi connectivity index (χ3v) is 10.5. The highest BCUT2D eigenvalue weighted by molar-refractivity contribution is 7.13. The molecule has 2 heterocycles. The summed E-state index contributed by atoms with van der Waals surface area (Å²) in [6.07, 6.45) is 20.6. The van der Waals surface area contributed by atoms with Gasteiger partial charge in [-0.25, -0.2) is 4.98 Å². The molecular weight excluding hydrogens is 779 g/mol. The Kier molecular flexibility index (Phi) is 24.3. The van der Waals surface area contributed by atoms with Crippen LogP contribution in [0.5, 0.6) is 0 Å². The number of hydrogen-bond donors (Lipinski definition) is 5. The van der Waals surface area contributed by atoms with E-state index in [2.05, 4.69) is 27.1 Å². The van der Waals surface area contributed by atoms with Crippen molar-refractivity contribution in [3.05, 3.63) is 106 Å². The van der Waals surface area contributed by atoms with Crippen LogP contribution in [-0.4, -0.2) is 47.5 Å². The molecular formula is C44H62Cl2N6O4S. The molecule has 0 fully saturated rings. The highest BCUT2D eigenvalue weighted by atomic mass is 35.5. The first kappa shape index (κ1) is 49.0. The lowest BCUT2D eigenvalue weighted by atomic mass is 10.0. The Hall–Kier alpha value is -4.16. The van der Waals surface area contributed by atoms with Gasteiger partial charge in [-0.1, -0.05) is 113 Å². The summed E-state index contributed by atoms with van der Waals surface area (Å²) < 4.78 is 0. The van der Waals surface area contributed by atoms with E-state index in [4.69, 9.17) is 16.6 Å². The normalized spacial score (nSPS) is 11.2. The molecule has 0 aliphatic carbocycles. The molecule has 1 aromatic heterocycles. The summed E-state index contributed by atoms with van der Waals surface area (Å²) in [6, 6.07) is 21.6. The lowest BCUT2D eigenvalue weighted by Crippen LogP contribution is -2.35. The van der Waals surface area contributed by atoms with E-state index >= 15 is 0 Å². The minimum atomic E-state index is -1.07. The van der Waals surface area contributed by atoms with Crippen LogP contribution in [0.3, 0.4) is 0 Å². The SMILES string of the molecule is Cl.Cl.NCc1cccc(N(CC(=O)O)C(=O)c2ccccc2)c1.Nc1nc(CCCCCCCCCCCCCCCCNC(=O)c2ccc3c(c2)NCC3)cs1. The minimum Gasteiger partial charge on any atom is -0.480 e. The number of amides is 2. The molecule has 7 N–H and O–H groups in total. The van der Waals surface area contributed by atoms with E-state index in [0.29, 0.717) is 22.9 Å². The van der Waals surface area contributed by atoms with Gasteiger partial charge in [0.15, 0.2) is 5.13 Å². The molecule has 0 atom stereocenters. The number of aryl methyl sites for hydroxylation is 1. The number of aromatic nitrogens is 1. The highest BCUT2D eigenvalue weighted by Gasteiger charge is 2.20. The second kappa shape index (κ2) is 28.3. The number of aliphatic carboxylic acids is 1. The molecule has 3 aromatic carbocycles. The van der Waals surface area contributed by atoms with Gasteiger partial charge in [0.05, 0.1) is 5.69 Å². The maximum atomic E-state index is 12.5. The van der Waals surface area contributed by atoms with Crippen LogP contribution in [0.1, 0.15) is 127 Å². The lowest BCUT2D eigenvalue weighted by Gasteiger charge is -2.21. The molecule has 0 radical (unpaired) electrons. The molecule has 0 saturated heterocycles. The van der Waals surface area contributed by atoms with Gasteiger partial charge in [0.1, 0.15) is 6.54 Å². The van der Waals surface area contributed by atoms with Gasteiger partial charge in [0.25, 0.3) is 11.8 Å². The molecule has 0 bridgehead atoms. The van der Waals surface area contributed by atoms with Crippen LogP contribution in [0, 0.1) is 0 Å². The van der Waals surface area contributed by atoms with Gasteiger partial charge in [0, 0.05) is 47.5 Å². The van der Waals surface area contributed by atoms with Gasteiger partial charge in [-0.3, -0.25) is 19.3 Å². The van der Waals surface area contributed by atoms with Crippen LogP contribution >= 0.6 is 36.2 Å². The summed E-state index contributed by atoms with van der Waals surface area (Å²) in [4.78, 5) is 41.4. The van der Waals surface area contributed by atoms with E-state index in [-0.39, 0.29) is 36.6 Å². The fraction of sp³-hybridized carbons (Fsp3) is 0.455. The number of hydrogen-bond acceptors (Lipinski definition) is 8. The first-order chi connectivity index (χ1) is 26.8. The number of carboxylic acids is 1. The molecule has 1 aliphatic rings. The monoisotopic (exact) mass is 840 g/mol. The van der Waals surface area contributed by atoms with E-state index in [0.717, 1.165) is 54.9 Å². The molecule has 0 spiro atoms. The Morgan fingerprint density at radius 3 is 2.00 bits per heavy atom. The number of fused-ring (bicyclic) bond motifs is 1. The second-order valence-corrected chi connectivity index (χ2v) is 15.1. The van der Waals surface area contributed by atoms with Crippen LogP contribution in [0.4, 0.5) is 16.5 Å². The topological polar surface area (TPSA) is 164 Å². The van der Waals surface area contributed by atoms with Crippen molar-refractivity contribution in [1.82, 2.24) is 10.3 Å². The van der Waals surface area contributed by atoms with Crippen molar-refractivity contribution in [3.8, 4) is 0 Å². The molecule has 0 unspecified atom stereocenters. The van der Waals surface area contributed by atoms with Gasteiger partial charge >= 0.3 is 5.97 Å². The largest absolute Gasteiger partial charge is 0.480 e. The fourth-order valence-electron chi connectivity index (χ4n) is 6.73. The highest BCUT2D eigenvalue weighted by Crippen LogP contribution is 2.23. The Morgan fingerprint density at radius 2 is 1.40 bits per heavy atom. The van der Waals surface area contributed by atoms with Crippen LogP contribution in [0.2, 0.25) is 0 Å². The van der Waals surface area contributed by atoms with Crippen LogP contribution < -0.4 is 27.0 Å². The van der Waals surface area contributed by atoms with Crippen molar-refractivity contribution in [3.63, 3.8) is 0 Å². The van der Waals surface area contributed by atoms with Gasteiger partial charge < -0.3 is 27.2 Å². The Balaban J connectivity index is 0.000000421. The molecule has 4 aromatic rings. The molecule has 10 nitrogen and oxygen atoms in total. The predicted octanol–water partition coefficient (Wildman–Crippen LogP) is 9.85. The summed E-state index contributed by atoms with van der Waals surface area (Å²) in [5, 5.41) is 18.2. The van der Waals surface area contributed by atoms with Gasteiger partial charge in [-0.15, -0.1) is 36.2 Å². The lowest BCUT2D eigenvalue weighted by molar-refractivity contribution is -0.135. The fourth-order valence-corrected chi connectivity index (χ4v) is 7.33. The van der Waals surface area contributed by atoms with Crippen molar-refractivity contribution in [2.24, 2.45) is 5.73 Å². The smallest absolute Gasteiger partial charge is 0.323 e. The third kappa shape index (κ3) is 18.3. The summed E-state index contributed by atoms with van der Waals surface area (Å²) in [5.74, 6) is -1.37. The number of rotatable bonds is 23. The number of carbonyl (C=O) groups excluding carboxylic acids is 2. The third-order valence-electron chi connectivity index (χ3n) is 9.81. The summed E-state index contributed by atoms with van der Waals surface area (Å²) in [7, 11) is 0. The van der Waals surface area contributed by atoms with Gasteiger partial charge in [0.2, 0.25) is 0 Å². The van der Waals surface area contributed by atoms with Crippen molar-refractivity contribution >= 4 is 70.4 Å². The Bertz CT molecular complexity index is 1760. The van der Waals surface area contributed by atoms with Crippen LogP contribution in [0.25, 0.3) is 0 Å². The summed E-state index contributed by atoms with van der Waals surface area (Å²) in [5.41, 5.74) is 17.4. The second-order valence-electron chi connectivity index (χ2n) is 14.2. The maximum absolute atomic E-state index is 12.5. The summed E-state index contributed by atoms with van der Waals surface area (Å²) >= 11 is 1.55.